The van der Waals surface area contributed by atoms with Gasteiger partial charge in [-0.25, -0.2) is 0 Å². The van der Waals surface area contributed by atoms with Crippen LogP contribution in [-0.2, 0) is 14.3 Å². The molecule has 0 aromatic heterocycles. The molecule has 0 saturated carbocycles. The second-order valence-corrected chi connectivity index (χ2v) is 3.14. The number of hydrogen-bond acceptors (Lipinski definition) is 3. The predicted molar refractivity (Wildman–Crippen MR) is 43.1 cm³/mol. The number of allylic oxidation sites excluding steroid dienone is 1. The van der Waals surface area contributed by atoms with Crippen LogP contribution in [0.5, 0.6) is 0 Å². The zero-order valence-corrected chi connectivity index (χ0v) is 7.31. The summed E-state index contributed by atoms with van der Waals surface area (Å²) in [7, 11) is -3.49. The van der Waals surface area contributed by atoms with Crippen molar-refractivity contribution in [3.8, 4) is 11.8 Å². The lowest BCUT2D eigenvalue weighted by Crippen LogP contribution is -2.01. The molecule has 0 aliphatic carbocycles. The Kier molecular flexibility index (Phi) is 4.59. The molecule has 0 saturated heterocycles. The molecule has 0 aromatic carbocycles. The van der Waals surface area contributed by atoms with Crippen molar-refractivity contribution in [1.29, 1.82) is 0 Å². The fourth-order valence-electron chi connectivity index (χ4n) is 0.390. The third-order valence-electron chi connectivity index (χ3n) is 0.775. The van der Waals surface area contributed by atoms with Crippen LogP contribution in [0.25, 0.3) is 0 Å². The van der Waals surface area contributed by atoms with Crippen LogP contribution >= 0.6 is 0 Å². The van der Waals surface area contributed by atoms with Crippen LogP contribution in [0.3, 0.4) is 0 Å². The highest BCUT2D eigenvalue weighted by molar-refractivity contribution is 7.89. The van der Waals surface area contributed by atoms with E-state index in [1.165, 1.54) is 6.08 Å². The van der Waals surface area contributed by atoms with Gasteiger partial charge in [0.1, 0.15) is 6.61 Å². The molecule has 0 spiro atoms. The maximum Gasteiger partial charge on any atom is 0.290 e. The molecule has 0 atom stereocenters. The van der Waals surface area contributed by atoms with Crippen molar-refractivity contribution in [2.45, 2.75) is 13.8 Å². The fourth-order valence-corrected chi connectivity index (χ4v) is 1.02. The first-order valence-corrected chi connectivity index (χ1v) is 4.51. The SMILES string of the molecule is CC#CCOS(=O)(=O)/C=C\C. The summed E-state index contributed by atoms with van der Waals surface area (Å²) in [5.41, 5.74) is 0. The highest BCUT2D eigenvalue weighted by atomic mass is 32.2. The average molecular weight is 174 g/mol. The second kappa shape index (κ2) is 4.94. The molecule has 62 valence electrons. The molecule has 0 radical (unpaired) electrons. The molecule has 0 unspecified atom stereocenters. The van der Waals surface area contributed by atoms with E-state index in [2.05, 4.69) is 16.0 Å². The van der Waals surface area contributed by atoms with E-state index in [1.54, 1.807) is 13.8 Å². The van der Waals surface area contributed by atoms with Crippen molar-refractivity contribution in [3.05, 3.63) is 11.5 Å². The molecule has 0 bridgehead atoms. The summed E-state index contributed by atoms with van der Waals surface area (Å²) in [5.74, 6) is 5.00. The third kappa shape index (κ3) is 5.64. The molecule has 11 heavy (non-hydrogen) atoms. The van der Waals surface area contributed by atoms with Crippen LogP contribution in [0.4, 0.5) is 0 Å². The summed E-state index contributed by atoms with van der Waals surface area (Å²) in [6, 6.07) is 0. The minimum atomic E-state index is -3.49. The van der Waals surface area contributed by atoms with Crippen molar-refractivity contribution in [1.82, 2.24) is 0 Å². The Labute approximate surface area is 67.2 Å². The van der Waals surface area contributed by atoms with Crippen LogP contribution < -0.4 is 0 Å². The highest BCUT2D eigenvalue weighted by Gasteiger charge is 2.01. The van der Waals surface area contributed by atoms with Gasteiger partial charge in [0.05, 0.1) is 5.41 Å². The lowest BCUT2D eigenvalue weighted by Gasteiger charge is -1.93. The molecule has 0 aliphatic heterocycles. The van der Waals surface area contributed by atoms with E-state index in [1.807, 2.05) is 0 Å². The van der Waals surface area contributed by atoms with Gasteiger partial charge in [0, 0.05) is 0 Å². The van der Waals surface area contributed by atoms with Crippen LogP contribution in [0.15, 0.2) is 11.5 Å². The quantitative estimate of drug-likeness (QED) is 0.471. The topological polar surface area (TPSA) is 43.4 Å². The minimum Gasteiger partial charge on any atom is -0.254 e. The largest absolute Gasteiger partial charge is 0.290 e. The van der Waals surface area contributed by atoms with Crippen molar-refractivity contribution >= 4 is 10.1 Å². The summed E-state index contributed by atoms with van der Waals surface area (Å²) in [5, 5.41) is 0.990. The van der Waals surface area contributed by atoms with E-state index in [0.29, 0.717) is 0 Å². The highest BCUT2D eigenvalue weighted by Crippen LogP contribution is 1.93. The molecule has 0 aromatic rings. The van der Waals surface area contributed by atoms with E-state index in [0.717, 1.165) is 5.41 Å². The van der Waals surface area contributed by atoms with Gasteiger partial charge in [-0.2, -0.15) is 8.42 Å². The molecule has 4 heteroatoms. The molecular weight excluding hydrogens is 164 g/mol. The average Bonchev–Trinajstić information content (AvgIpc) is 1.87. The summed E-state index contributed by atoms with van der Waals surface area (Å²) in [6.07, 6.45) is 1.40. The molecule has 0 N–H and O–H groups in total. The Bertz CT molecular complexity index is 277. The van der Waals surface area contributed by atoms with E-state index >= 15 is 0 Å². The van der Waals surface area contributed by atoms with E-state index < -0.39 is 10.1 Å². The van der Waals surface area contributed by atoms with Crippen LogP contribution in [-0.4, -0.2) is 15.0 Å². The van der Waals surface area contributed by atoms with E-state index in [9.17, 15) is 8.42 Å². The monoisotopic (exact) mass is 174 g/mol. The lowest BCUT2D eigenvalue weighted by atomic mass is 10.6. The van der Waals surface area contributed by atoms with Crippen LogP contribution in [0.1, 0.15) is 13.8 Å². The lowest BCUT2D eigenvalue weighted by molar-refractivity contribution is 0.370. The van der Waals surface area contributed by atoms with Crippen molar-refractivity contribution < 1.29 is 12.6 Å². The molecule has 0 amide bonds. The predicted octanol–water partition coefficient (Wildman–Crippen LogP) is 0.890. The van der Waals surface area contributed by atoms with Gasteiger partial charge in [0.25, 0.3) is 10.1 Å². The normalized spacial score (nSPS) is 11.1. The summed E-state index contributed by atoms with van der Waals surface area (Å²) >= 11 is 0. The fraction of sp³-hybridized carbons (Fsp3) is 0.429. The Morgan fingerprint density at radius 3 is 2.64 bits per heavy atom. The molecule has 0 aliphatic rings. The van der Waals surface area contributed by atoms with Crippen LogP contribution in [0.2, 0.25) is 0 Å². The van der Waals surface area contributed by atoms with Gasteiger partial charge in [-0.15, -0.1) is 5.92 Å². The Morgan fingerprint density at radius 2 is 2.18 bits per heavy atom. The second-order valence-electron chi connectivity index (χ2n) is 1.65. The molecule has 3 nitrogen and oxygen atoms in total. The van der Waals surface area contributed by atoms with Crippen molar-refractivity contribution in [2.24, 2.45) is 0 Å². The Hall–Kier alpha value is -0.790. The Balaban J connectivity index is 4.01. The molecular formula is C7H10O3S. The first-order chi connectivity index (χ1) is 5.12. The van der Waals surface area contributed by atoms with Crippen molar-refractivity contribution in [2.75, 3.05) is 6.61 Å². The standard InChI is InChI=1S/C7H10O3S/c1-3-5-6-10-11(8,9)7-4-2/h4,7H,6H2,1-2H3/b7-4-. The maximum absolute atomic E-state index is 10.7. The van der Waals surface area contributed by atoms with Gasteiger partial charge in [-0.05, 0) is 13.8 Å². The molecule has 0 fully saturated rings. The zero-order valence-electron chi connectivity index (χ0n) is 6.49. The first kappa shape index (κ1) is 10.2. The van der Waals surface area contributed by atoms with Gasteiger partial charge >= 0.3 is 0 Å². The van der Waals surface area contributed by atoms with Gasteiger partial charge < -0.3 is 0 Å². The maximum atomic E-state index is 10.7. The molecule has 0 heterocycles. The summed E-state index contributed by atoms with van der Waals surface area (Å²) in [6.45, 7) is 3.14. The number of rotatable bonds is 3. The van der Waals surface area contributed by atoms with Gasteiger partial charge in [0.2, 0.25) is 0 Å². The number of hydrogen-bond donors (Lipinski definition) is 0. The van der Waals surface area contributed by atoms with E-state index in [-0.39, 0.29) is 6.61 Å². The van der Waals surface area contributed by atoms with Gasteiger partial charge in [-0.3, -0.25) is 4.18 Å². The Morgan fingerprint density at radius 1 is 1.55 bits per heavy atom. The van der Waals surface area contributed by atoms with Crippen LogP contribution in [0, 0.1) is 11.8 Å². The smallest absolute Gasteiger partial charge is 0.254 e. The van der Waals surface area contributed by atoms with Gasteiger partial charge in [-0.1, -0.05) is 12.0 Å². The zero-order chi connectivity index (χ0) is 8.74. The van der Waals surface area contributed by atoms with Gasteiger partial charge in [0.15, 0.2) is 0 Å². The molecule has 0 rings (SSSR count). The van der Waals surface area contributed by atoms with Crippen molar-refractivity contribution in [3.63, 3.8) is 0 Å². The third-order valence-corrected chi connectivity index (χ3v) is 1.83. The summed E-state index contributed by atoms with van der Waals surface area (Å²) < 4.78 is 25.9. The first-order valence-electron chi connectivity index (χ1n) is 3.04. The van der Waals surface area contributed by atoms with E-state index in [4.69, 9.17) is 0 Å². The summed E-state index contributed by atoms with van der Waals surface area (Å²) in [4.78, 5) is 0. The minimum absolute atomic E-state index is 0.0802.